The number of sulfonamides is 1. The summed E-state index contributed by atoms with van der Waals surface area (Å²) >= 11 is 6.22. The van der Waals surface area contributed by atoms with Crippen LogP contribution in [0.25, 0.3) is 0 Å². The minimum atomic E-state index is -3.89. The smallest absolute Gasteiger partial charge is 0.241 e. The van der Waals surface area contributed by atoms with Crippen molar-refractivity contribution >= 4 is 21.6 Å². The number of halogens is 1. The standard InChI is InChI=1S/C23H24ClNO5S/c1-15-8-10-19(11-9-15)31(26,27)25-23(16-6-5-7-17(24)12-16)22-20(29-3)13-18(28-2)14-21(22)30-4/h5-14,23,25H,1-4H3. The third-order valence-electron chi connectivity index (χ3n) is 4.83. The number of rotatable bonds is 8. The van der Waals surface area contributed by atoms with Gasteiger partial charge in [-0.25, -0.2) is 8.42 Å². The Labute approximate surface area is 187 Å². The zero-order chi connectivity index (χ0) is 22.6. The SMILES string of the molecule is COc1cc(OC)c(C(NS(=O)(=O)c2ccc(C)cc2)c2cccc(Cl)c2)c(OC)c1. The van der Waals surface area contributed by atoms with Crippen LogP contribution < -0.4 is 18.9 Å². The second-order valence-electron chi connectivity index (χ2n) is 6.87. The summed E-state index contributed by atoms with van der Waals surface area (Å²) < 4.78 is 45.8. The van der Waals surface area contributed by atoms with Gasteiger partial charge in [-0.1, -0.05) is 41.4 Å². The fourth-order valence-electron chi connectivity index (χ4n) is 3.24. The van der Waals surface area contributed by atoms with Gasteiger partial charge in [-0.2, -0.15) is 4.72 Å². The van der Waals surface area contributed by atoms with E-state index in [1.807, 2.05) is 6.92 Å². The summed E-state index contributed by atoms with van der Waals surface area (Å²) in [5, 5.41) is 0.475. The van der Waals surface area contributed by atoms with Crippen LogP contribution in [0.3, 0.4) is 0 Å². The molecule has 0 amide bonds. The molecule has 0 saturated carbocycles. The Bertz CT molecular complexity index is 1140. The zero-order valence-corrected chi connectivity index (χ0v) is 19.3. The van der Waals surface area contributed by atoms with Crippen molar-refractivity contribution in [3.05, 3.63) is 82.4 Å². The third-order valence-corrected chi connectivity index (χ3v) is 6.50. The van der Waals surface area contributed by atoms with Gasteiger partial charge in [0.2, 0.25) is 10.0 Å². The molecule has 3 rings (SSSR count). The van der Waals surface area contributed by atoms with Gasteiger partial charge in [-0.05, 0) is 36.8 Å². The fourth-order valence-corrected chi connectivity index (χ4v) is 4.63. The molecule has 164 valence electrons. The molecule has 1 unspecified atom stereocenters. The van der Waals surface area contributed by atoms with Crippen molar-refractivity contribution in [2.45, 2.75) is 17.9 Å². The molecule has 1 N–H and O–H groups in total. The van der Waals surface area contributed by atoms with Gasteiger partial charge < -0.3 is 14.2 Å². The lowest BCUT2D eigenvalue weighted by molar-refractivity contribution is 0.365. The molecule has 3 aromatic carbocycles. The highest BCUT2D eigenvalue weighted by atomic mass is 35.5. The lowest BCUT2D eigenvalue weighted by Crippen LogP contribution is -2.30. The van der Waals surface area contributed by atoms with E-state index in [0.717, 1.165) is 5.56 Å². The molecule has 0 aliphatic carbocycles. The number of aryl methyl sites for hydroxylation is 1. The summed E-state index contributed by atoms with van der Waals surface area (Å²) in [6, 6.07) is 16.1. The minimum Gasteiger partial charge on any atom is -0.496 e. The normalized spacial score (nSPS) is 12.3. The van der Waals surface area contributed by atoms with E-state index < -0.39 is 16.1 Å². The highest BCUT2D eigenvalue weighted by Gasteiger charge is 2.29. The Kier molecular flexibility index (Phi) is 7.10. The zero-order valence-electron chi connectivity index (χ0n) is 17.7. The molecular formula is C23H24ClNO5S. The van der Waals surface area contributed by atoms with Gasteiger partial charge in [0.25, 0.3) is 0 Å². The highest BCUT2D eigenvalue weighted by Crippen LogP contribution is 2.41. The molecule has 0 spiro atoms. The number of nitrogens with one attached hydrogen (secondary N) is 1. The Morgan fingerprint density at radius 2 is 1.48 bits per heavy atom. The maximum absolute atomic E-state index is 13.3. The summed E-state index contributed by atoms with van der Waals surface area (Å²) in [4.78, 5) is 0.150. The highest BCUT2D eigenvalue weighted by molar-refractivity contribution is 7.89. The maximum atomic E-state index is 13.3. The molecule has 0 fully saturated rings. The first-order valence-electron chi connectivity index (χ1n) is 9.43. The van der Waals surface area contributed by atoms with Crippen LogP contribution in [0.2, 0.25) is 5.02 Å². The van der Waals surface area contributed by atoms with Gasteiger partial charge in [0.15, 0.2) is 0 Å². The predicted molar refractivity (Wildman–Crippen MR) is 121 cm³/mol. The number of benzene rings is 3. The molecule has 0 aliphatic rings. The molecule has 8 heteroatoms. The van der Waals surface area contributed by atoms with E-state index in [2.05, 4.69) is 4.72 Å². The third kappa shape index (κ3) is 5.12. The molecule has 1 atom stereocenters. The molecule has 0 aliphatic heterocycles. The first-order valence-corrected chi connectivity index (χ1v) is 11.3. The molecule has 0 bridgehead atoms. The first kappa shape index (κ1) is 22.9. The Morgan fingerprint density at radius 1 is 0.871 bits per heavy atom. The molecule has 6 nitrogen and oxygen atoms in total. The lowest BCUT2D eigenvalue weighted by atomic mass is 9.97. The van der Waals surface area contributed by atoms with E-state index in [-0.39, 0.29) is 4.90 Å². The number of hydrogen-bond donors (Lipinski definition) is 1. The Balaban J connectivity index is 2.20. The molecule has 0 radical (unpaired) electrons. The predicted octanol–water partition coefficient (Wildman–Crippen LogP) is 4.74. The van der Waals surface area contributed by atoms with Crippen LogP contribution in [0.1, 0.15) is 22.7 Å². The summed E-state index contributed by atoms with van der Waals surface area (Å²) in [5.74, 6) is 1.34. The minimum absolute atomic E-state index is 0.150. The van der Waals surface area contributed by atoms with Crippen molar-refractivity contribution in [2.24, 2.45) is 0 Å². The largest absolute Gasteiger partial charge is 0.496 e. The van der Waals surface area contributed by atoms with Crippen LogP contribution in [0.4, 0.5) is 0 Å². The van der Waals surface area contributed by atoms with Crippen LogP contribution in [0, 0.1) is 6.92 Å². The van der Waals surface area contributed by atoms with Gasteiger partial charge in [0, 0.05) is 17.2 Å². The van der Waals surface area contributed by atoms with E-state index in [1.54, 1.807) is 60.7 Å². The van der Waals surface area contributed by atoms with Crippen molar-refractivity contribution in [3.63, 3.8) is 0 Å². The lowest BCUT2D eigenvalue weighted by Gasteiger charge is -2.24. The summed E-state index contributed by atoms with van der Waals surface area (Å²) in [5.41, 5.74) is 2.09. The first-order chi connectivity index (χ1) is 14.8. The van der Waals surface area contributed by atoms with Crippen LogP contribution in [0.15, 0.2) is 65.6 Å². The quantitative estimate of drug-likeness (QED) is 0.524. The van der Waals surface area contributed by atoms with Gasteiger partial charge in [0.05, 0.1) is 37.8 Å². The fraction of sp³-hybridized carbons (Fsp3) is 0.217. The van der Waals surface area contributed by atoms with Gasteiger partial charge in [0.1, 0.15) is 17.2 Å². The molecule has 3 aromatic rings. The number of methoxy groups -OCH3 is 3. The van der Waals surface area contributed by atoms with E-state index in [1.165, 1.54) is 21.3 Å². The van der Waals surface area contributed by atoms with Crippen LogP contribution in [-0.2, 0) is 10.0 Å². The van der Waals surface area contributed by atoms with Gasteiger partial charge in [-0.3, -0.25) is 0 Å². The molecular weight excluding hydrogens is 438 g/mol. The van der Waals surface area contributed by atoms with Crippen molar-refractivity contribution in [3.8, 4) is 17.2 Å². The van der Waals surface area contributed by atoms with Crippen molar-refractivity contribution in [2.75, 3.05) is 21.3 Å². The van der Waals surface area contributed by atoms with Crippen LogP contribution in [0.5, 0.6) is 17.2 Å². The topological polar surface area (TPSA) is 73.9 Å². The van der Waals surface area contributed by atoms with Gasteiger partial charge >= 0.3 is 0 Å². The summed E-state index contributed by atoms with van der Waals surface area (Å²) in [7, 11) is 0.646. The van der Waals surface area contributed by atoms with Crippen molar-refractivity contribution < 1.29 is 22.6 Å². The van der Waals surface area contributed by atoms with Gasteiger partial charge in [-0.15, -0.1) is 0 Å². The average Bonchev–Trinajstić information content (AvgIpc) is 2.77. The van der Waals surface area contributed by atoms with Crippen molar-refractivity contribution in [1.82, 2.24) is 4.72 Å². The van der Waals surface area contributed by atoms with E-state index in [4.69, 9.17) is 25.8 Å². The second-order valence-corrected chi connectivity index (χ2v) is 9.02. The van der Waals surface area contributed by atoms with Crippen LogP contribution in [-0.4, -0.2) is 29.7 Å². The Hall–Kier alpha value is -2.74. The molecule has 0 saturated heterocycles. The molecule has 0 aromatic heterocycles. The van der Waals surface area contributed by atoms with Crippen LogP contribution >= 0.6 is 11.6 Å². The monoisotopic (exact) mass is 461 g/mol. The summed E-state index contributed by atoms with van der Waals surface area (Å²) in [6.45, 7) is 1.89. The second kappa shape index (κ2) is 9.60. The van der Waals surface area contributed by atoms with Crippen molar-refractivity contribution in [1.29, 1.82) is 0 Å². The molecule has 0 heterocycles. The average molecular weight is 462 g/mol. The van der Waals surface area contributed by atoms with E-state index >= 15 is 0 Å². The van der Waals surface area contributed by atoms with E-state index in [0.29, 0.717) is 33.4 Å². The van der Waals surface area contributed by atoms with E-state index in [9.17, 15) is 8.42 Å². The Morgan fingerprint density at radius 3 is 2.00 bits per heavy atom. The molecule has 31 heavy (non-hydrogen) atoms. The maximum Gasteiger partial charge on any atom is 0.241 e. The number of hydrogen-bond acceptors (Lipinski definition) is 5. The summed E-state index contributed by atoms with van der Waals surface area (Å²) in [6.07, 6.45) is 0. The number of ether oxygens (including phenoxy) is 3.